The van der Waals surface area contributed by atoms with E-state index in [1.54, 1.807) is 7.11 Å². The molecule has 0 amide bonds. The van der Waals surface area contributed by atoms with E-state index in [2.05, 4.69) is 32.9 Å². The molecule has 0 radical (unpaired) electrons. The van der Waals surface area contributed by atoms with Gasteiger partial charge in [0.1, 0.15) is 6.79 Å². The van der Waals surface area contributed by atoms with E-state index in [1.807, 2.05) is 0 Å². The van der Waals surface area contributed by atoms with Gasteiger partial charge in [0.2, 0.25) is 0 Å². The Morgan fingerprint density at radius 1 is 1.10 bits per heavy atom. The van der Waals surface area contributed by atoms with Crippen LogP contribution in [0.3, 0.4) is 0 Å². The van der Waals surface area contributed by atoms with Crippen LogP contribution in [0.1, 0.15) is 78.6 Å². The number of ether oxygens (including phenoxy) is 3. The summed E-state index contributed by atoms with van der Waals surface area (Å²) >= 11 is 0. The summed E-state index contributed by atoms with van der Waals surface area (Å²) in [7, 11) is 3.24. The first kappa shape index (κ1) is 23.3. The van der Waals surface area contributed by atoms with Crippen LogP contribution in [0.4, 0.5) is 0 Å². The molecule has 0 aromatic carbocycles. The minimum atomic E-state index is -0.0695. The number of fused-ring (bicyclic) bond motifs is 5. The molecule has 3 saturated carbocycles. The van der Waals surface area contributed by atoms with Crippen LogP contribution >= 0.6 is 0 Å². The van der Waals surface area contributed by atoms with E-state index in [0.29, 0.717) is 47.9 Å². The summed E-state index contributed by atoms with van der Waals surface area (Å²) in [6, 6.07) is 0. The quantitative estimate of drug-likeness (QED) is 0.281. The van der Waals surface area contributed by atoms with Crippen LogP contribution in [0.2, 0.25) is 0 Å². The van der Waals surface area contributed by atoms with Crippen molar-refractivity contribution < 1.29 is 19.0 Å². The highest BCUT2D eigenvalue weighted by Crippen LogP contribution is 2.68. The largest absolute Gasteiger partial charge is 0.469 e. The number of hydrogen-bond donors (Lipinski definition) is 0. The zero-order chi connectivity index (χ0) is 22.2. The first-order valence-corrected chi connectivity index (χ1v) is 12.7. The van der Waals surface area contributed by atoms with Crippen LogP contribution in [0.15, 0.2) is 12.2 Å². The third-order valence-corrected chi connectivity index (χ3v) is 10.4. The predicted molar refractivity (Wildman–Crippen MR) is 122 cm³/mol. The van der Waals surface area contributed by atoms with Crippen molar-refractivity contribution in [3.05, 3.63) is 12.2 Å². The average molecular weight is 433 g/mol. The molecular formula is C27H44O4. The van der Waals surface area contributed by atoms with Gasteiger partial charge in [-0.1, -0.05) is 32.9 Å². The molecule has 0 aromatic rings. The van der Waals surface area contributed by atoms with Crippen molar-refractivity contribution in [2.45, 2.75) is 84.7 Å². The van der Waals surface area contributed by atoms with Crippen LogP contribution in [-0.2, 0) is 19.0 Å². The van der Waals surface area contributed by atoms with E-state index in [1.165, 1.54) is 52.1 Å². The van der Waals surface area contributed by atoms with Crippen LogP contribution in [0.25, 0.3) is 0 Å². The molecule has 4 aliphatic rings. The van der Waals surface area contributed by atoms with Gasteiger partial charge >= 0.3 is 5.97 Å². The highest BCUT2D eigenvalue weighted by molar-refractivity contribution is 5.69. The molecule has 0 aliphatic heterocycles. The van der Waals surface area contributed by atoms with Crippen molar-refractivity contribution in [3.63, 3.8) is 0 Å². The molecule has 0 saturated heterocycles. The van der Waals surface area contributed by atoms with E-state index < -0.39 is 0 Å². The molecule has 4 aliphatic carbocycles. The number of carbonyl (C=O) groups is 1. The smallest absolute Gasteiger partial charge is 0.305 e. The van der Waals surface area contributed by atoms with E-state index in [9.17, 15) is 4.79 Å². The van der Waals surface area contributed by atoms with Crippen LogP contribution in [-0.4, -0.2) is 33.1 Å². The Morgan fingerprint density at radius 2 is 1.87 bits per heavy atom. The van der Waals surface area contributed by atoms with Crippen molar-refractivity contribution in [1.29, 1.82) is 0 Å². The number of methoxy groups -OCH3 is 2. The molecule has 0 N–H and O–H groups in total. The second-order valence-corrected chi connectivity index (χ2v) is 11.6. The SMILES string of the molecule is COCOC1C[C@@H]2CC=CC[C@]2(C)C2CC[C@@]3(C)C(CC[C@@H]3[C@H](C)CCC(=O)OC)C12. The number of hydrogen-bond acceptors (Lipinski definition) is 4. The molecule has 9 atom stereocenters. The molecule has 0 heterocycles. The predicted octanol–water partition coefficient (Wildman–Crippen LogP) is 6.00. The summed E-state index contributed by atoms with van der Waals surface area (Å²) in [5.41, 5.74) is 0.779. The van der Waals surface area contributed by atoms with Crippen molar-refractivity contribution in [2.24, 2.45) is 46.3 Å². The van der Waals surface area contributed by atoms with Gasteiger partial charge in [-0.15, -0.1) is 0 Å². The monoisotopic (exact) mass is 432 g/mol. The lowest BCUT2D eigenvalue weighted by Crippen LogP contribution is -2.58. The summed E-state index contributed by atoms with van der Waals surface area (Å²) in [5, 5.41) is 0. The van der Waals surface area contributed by atoms with Gasteiger partial charge in [0.05, 0.1) is 13.2 Å². The van der Waals surface area contributed by atoms with Gasteiger partial charge in [-0.05, 0) is 97.7 Å². The lowest BCUT2D eigenvalue weighted by Gasteiger charge is -2.62. The first-order chi connectivity index (χ1) is 14.8. The van der Waals surface area contributed by atoms with E-state index >= 15 is 0 Å². The minimum absolute atomic E-state index is 0.0695. The fourth-order valence-corrected chi connectivity index (χ4v) is 8.73. The molecule has 0 bridgehead atoms. The summed E-state index contributed by atoms with van der Waals surface area (Å²) in [6.07, 6.45) is 15.6. The van der Waals surface area contributed by atoms with Gasteiger partial charge in [0.15, 0.2) is 0 Å². The Kier molecular flexibility index (Phi) is 6.89. The maximum atomic E-state index is 11.7. The molecule has 0 spiro atoms. The molecule has 4 unspecified atom stereocenters. The lowest BCUT2D eigenvalue weighted by molar-refractivity contribution is -0.195. The normalized spacial score (nSPS) is 44.8. The third kappa shape index (κ3) is 4.01. The Labute approximate surface area is 189 Å². The van der Waals surface area contributed by atoms with Gasteiger partial charge in [-0.25, -0.2) is 0 Å². The van der Waals surface area contributed by atoms with Crippen molar-refractivity contribution in [1.82, 2.24) is 0 Å². The van der Waals surface area contributed by atoms with Crippen molar-refractivity contribution in [3.8, 4) is 0 Å². The van der Waals surface area contributed by atoms with Gasteiger partial charge < -0.3 is 14.2 Å². The lowest BCUT2D eigenvalue weighted by atomic mass is 9.44. The maximum Gasteiger partial charge on any atom is 0.305 e. The summed E-state index contributed by atoms with van der Waals surface area (Å²) in [4.78, 5) is 11.7. The standard InChI is InChI=1S/C27H44O4/c1-18(9-12-24(28)30-5)20-10-11-21-25-22(13-15-27(20,21)3)26(2)14-7-6-8-19(26)16-23(25)31-17-29-4/h6-7,18-23,25H,8-17H2,1-5H3/t18-,19+,20-,21?,22?,23?,25?,26+,27-/m1/s1. The van der Waals surface area contributed by atoms with Crippen LogP contribution < -0.4 is 0 Å². The fourth-order valence-electron chi connectivity index (χ4n) is 8.73. The maximum absolute atomic E-state index is 11.7. The highest BCUT2D eigenvalue weighted by Gasteiger charge is 2.62. The topological polar surface area (TPSA) is 44.8 Å². The molecule has 31 heavy (non-hydrogen) atoms. The van der Waals surface area contributed by atoms with Crippen LogP contribution in [0.5, 0.6) is 0 Å². The zero-order valence-corrected chi connectivity index (χ0v) is 20.4. The Bertz CT molecular complexity index is 674. The van der Waals surface area contributed by atoms with Gasteiger partial charge in [-0.2, -0.15) is 0 Å². The average Bonchev–Trinajstić information content (AvgIpc) is 3.12. The third-order valence-electron chi connectivity index (χ3n) is 10.4. The number of rotatable bonds is 7. The van der Waals surface area contributed by atoms with Gasteiger partial charge in [0.25, 0.3) is 0 Å². The Balaban J connectivity index is 1.57. The summed E-state index contributed by atoms with van der Waals surface area (Å²) in [5.74, 6) is 4.04. The Hall–Kier alpha value is -0.870. The molecular weight excluding hydrogens is 388 g/mol. The second-order valence-electron chi connectivity index (χ2n) is 11.6. The number of esters is 1. The number of allylic oxidation sites excluding steroid dienone is 2. The van der Waals surface area contributed by atoms with E-state index in [-0.39, 0.29) is 5.97 Å². The van der Waals surface area contributed by atoms with E-state index in [4.69, 9.17) is 14.2 Å². The molecule has 3 fully saturated rings. The van der Waals surface area contributed by atoms with Crippen molar-refractivity contribution >= 4 is 5.97 Å². The van der Waals surface area contributed by atoms with E-state index in [0.717, 1.165) is 24.2 Å². The van der Waals surface area contributed by atoms with Gasteiger partial charge in [-0.3, -0.25) is 4.79 Å². The Morgan fingerprint density at radius 3 is 2.61 bits per heavy atom. The molecule has 4 nitrogen and oxygen atoms in total. The van der Waals surface area contributed by atoms with Crippen molar-refractivity contribution in [2.75, 3.05) is 21.0 Å². The first-order valence-electron chi connectivity index (χ1n) is 12.7. The fraction of sp³-hybridized carbons (Fsp3) is 0.889. The molecule has 176 valence electrons. The zero-order valence-electron chi connectivity index (χ0n) is 20.4. The van der Waals surface area contributed by atoms with Crippen LogP contribution in [0, 0.1) is 46.3 Å². The second kappa shape index (κ2) is 9.17. The van der Waals surface area contributed by atoms with Gasteiger partial charge in [0, 0.05) is 13.5 Å². The molecule has 4 heteroatoms. The molecule has 0 aromatic heterocycles. The summed E-state index contributed by atoms with van der Waals surface area (Å²) in [6.45, 7) is 7.94. The minimum Gasteiger partial charge on any atom is -0.469 e. The number of carbonyl (C=O) groups excluding carboxylic acids is 1. The molecule has 4 rings (SSSR count). The highest BCUT2D eigenvalue weighted by atomic mass is 16.7. The summed E-state index contributed by atoms with van der Waals surface area (Å²) < 4.78 is 16.7.